The van der Waals surface area contributed by atoms with Gasteiger partial charge in [-0.2, -0.15) is 0 Å². The average molecular weight is 327 g/mol. The monoisotopic (exact) mass is 326 g/mol. The van der Waals surface area contributed by atoms with Gasteiger partial charge in [-0.25, -0.2) is 0 Å². The fourth-order valence-corrected chi connectivity index (χ4v) is 3.21. The molecule has 20 heavy (non-hydrogen) atoms. The average Bonchev–Trinajstić information content (AvgIpc) is 2.44. The maximum atomic E-state index is 11.6. The molecule has 0 unspecified atom stereocenters. The molecule has 0 saturated carbocycles. The van der Waals surface area contributed by atoms with Gasteiger partial charge in [0.05, 0.1) is 0 Å². The fourth-order valence-electron chi connectivity index (χ4n) is 2.84. The van der Waals surface area contributed by atoms with Crippen LogP contribution in [0.25, 0.3) is 21.5 Å². The highest BCUT2D eigenvalue weighted by Crippen LogP contribution is 2.34. The maximum absolute atomic E-state index is 11.6. The number of Topliss-reactive ketones (excluding diaryl/α,β-unsaturated/α-hetero) is 1. The Morgan fingerprint density at radius 2 is 1.40 bits per heavy atom. The van der Waals surface area contributed by atoms with Crippen molar-refractivity contribution in [2.24, 2.45) is 0 Å². The first-order valence-electron chi connectivity index (χ1n) is 6.62. The SMILES string of the molecule is CC(=O)c1ccc2c(C)c3ccc(Br)cc3c(C)c2c1. The van der Waals surface area contributed by atoms with Crippen molar-refractivity contribution in [3.63, 3.8) is 0 Å². The van der Waals surface area contributed by atoms with Crippen LogP contribution in [-0.2, 0) is 0 Å². The van der Waals surface area contributed by atoms with E-state index in [1.165, 1.54) is 32.7 Å². The van der Waals surface area contributed by atoms with Gasteiger partial charge in [0.25, 0.3) is 0 Å². The molecule has 0 aliphatic heterocycles. The molecule has 0 aromatic heterocycles. The van der Waals surface area contributed by atoms with Crippen molar-refractivity contribution >= 4 is 43.3 Å². The first-order valence-corrected chi connectivity index (χ1v) is 7.41. The number of hydrogen-bond donors (Lipinski definition) is 0. The number of aryl methyl sites for hydroxylation is 2. The molecule has 2 heteroatoms. The van der Waals surface area contributed by atoms with Crippen LogP contribution < -0.4 is 0 Å². The lowest BCUT2D eigenvalue weighted by atomic mass is 9.92. The third-order valence-corrected chi connectivity index (χ3v) is 4.52. The molecule has 0 heterocycles. The van der Waals surface area contributed by atoms with Gasteiger partial charge in [-0.1, -0.05) is 34.1 Å². The quantitative estimate of drug-likeness (QED) is 0.421. The molecule has 0 aliphatic carbocycles. The van der Waals surface area contributed by atoms with Crippen LogP contribution >= 0.6 is 15.9 Å². The zero-order valence-electron chi connectivity index (χ0n) is 11.8. The minimum atomic E-state index is 0.110. The van der Waals surface area contributed by atoms with Crippen LogP contribution in [0.1, 0.15) is 28.4 Å². The van der Waals surface area contributed by atoms with Gasteiger partial charge in [0.2, 0.25) is 0 Å². The molecule has 0 spiro atoms. The number of fused-ring (bicyclic) bond motifs is 2. The lowest BCUT2D eigenvalue weighted by Crippen LogP contribution is -1.94. The lowest BCUT2D eigenvalue weighted by Gasteiger charge is -2.13. The molecule has 1 nitrogen and oxygen atoms in total. The van der Waals surface area contributed by atoms with E-state index < -0.39 is 0 Å². The van der Waals surface area contributed by atoms with Crippen molar-refractivity contribution < 1.29 is 4.79 Å². The molecule has 0 saturated heterocycles. The van der Waals surface area contributed by atoms with Crippen molar-refractivity contribution in [1.82, 2.24) is 0 Å². The number of benzene rings is 3. The standard InChI is InChI=1S/C18H15BrO/c1-10-15-6-4-13(12(3)20)8-17(15)11(2)18-9-14(19)5-7-16(10)18/h4-9H,1-3H3. The van der Waals surface area contributed by atoms with Gasteiger partial charge in [0, 0.05) is 10.0 Å². The van der Waals surface area contributed by atoms with Crippen molar-refractivity contribution in [3.8, 4) is 0 Å². The van der Waals surface area contributed by atoms with Crippen molar-refractivity contribution in [3.05, 3.63) is 57.6 Å². The molecular formula is C18H15BrO. The molecule has 100 valence electrons. The third-order valence-electron chi connectivity index (χ3n) is 4.02. The normalized spacial score (nSPS) is 11.2. The Balaban J connectivity index is 2.52. The van der Waals surface area contributed by atoms with Crippen LogP contribution in [0.4, 0.5) is 0 Å². The summed E-state index contributed by atoms with van der Waals surface area (Å²) >= 11 is 3.54. The highest BCUT2D eigenvalue weighted by atomic mass is 79.9. The van der Waals surface area contributed by atoms with Gasteiger partial charge >= 0.3 is 0 Å². The fraction of sp³-hybridized carbons (Fsp3) is 0.167. The zero-order valence-corrected chi connectivity index (χ0v) is 13.3. The molecule has 0 radical (unpaired) electrons. The van der Waals surface area contributed by atoms with Gasteiger partial charge in [-0.15, -0.1) is 0 Å². The Kier molecular flexibility index (Phi) is 3.14. The first-order chi connectivity index (χ1) is 9.49. The second kappa shape index (κ2) is 4.71. The summed E-state index contributed by atoms with van der Waals surface area (Å²) in [6.45, 7) is 5.88. The highest BCUT2D eigenvalue weighted by Gasteiger charge is 2.10. The van der Waals surface area contributed by atoms with Crippen molar-refractivity contribution in [2.75, 3.05) is 0 Å². The summed E-state index contributed by atoms with van der Waals surface area (Å²) < 4.78 is 1.08. The maximum Gasteiger partial charge on any atom is 0.159 e. The molecule has 0 atom stereocenters. The van der Waals surface area contributed by atoms with Crippen LogP contribution in [0.2, 0.25) is 0 Å². The molecule has 0 bridgehead atoms. The minimum absolute atomic E-state index is 0.110. The molecule has 3 aromatic rings. The van der Waals surface area contributed by atoms with Crippen LogP contribution in [-0.4, -0.2) is 5.78 Å². The van der Waals surface area contributed by atoms with E-state index in [0.29, 0.717) is 0 Å². The Bertz CT molecular complexity index is 862. The number of rotatable bonds is 1. The van der Waals surface area contributed by atoms with Gasteiger partial charge in [0.1, 0.15) is 0 Å². The Morgan fingerprint density at radius 3 is 2.05 bits per heavy atom. The van der Waals surface area contributed by atoms with Gasteiger partial charge < -0.3 is 0 Å². The Hall–Kier alpha value is -1.67. The van der Waals surface area contributed by atoms with Gasteiger partial charge in [-0.3, -0.25) is 4.79 Å². The summed E-state index contributed by atoms with van der Waals surface area (Å²) in [5.41, 5.74) is 3.27. The Labute approximate surface area is 126 Å². The first kappa shape index (κ1) is 13.3. The largest absolute Gasteiger partial charge is 0.295 e. The minimum Gasteiger partial charge on any atom is -0.295 e. The van der Waals surface area contributed by atoms with E-state index >= 15 is 0 Å². The molecule has 3 rings (SSSR count). The molecule has 3 aromatic carbocycles. The smallest absolute Gasteiger partial charge is 0.159 e. The number of halogens is 1. The van der Waals surface area contributed by atoms with Crippen LogP contribution in [0.3, 0.4) is 0 Å². The predicted octanol–water partition coefficient (Wildman–Crippen LogP) is 5.57. The summed E-state index contributed by atoms with van der Waals surface area (Å²) in [6, 6.07) is 12.4. The van der Waals surface area contributed by atoms with Crippen molar-refractivity contribution in [1.29, 1.82) is 0 Å². The summed E-state index contributed by atoms with van der Waals surface area (Å²) in [5, 5.41) is 4.90. The predicted molar refractivity (Wildman–Crippen MR) is 88.6 cm³/mol. The molecule has 0 N–H and O–H groups in total. The molecule has 0 aliphatic rings. The van der Waals surface area contributed by atoms with E-state index in [2.05, 4.69) is 54.0 Å². The Morgan fingerprint density at radius 1 is 0.850 bits per heavy atom. The number of hydrogen-bond acceptors (Lipinski definition) is 1. The molecule has 0 amide bonds. The van der Waals surface area contributed by atoms with E-state index in [4.69, 9.17) is 0 Å². The summed E-state index contributed by atoms with van der Waals surface area (Å²) in [7, 11) is 0. The molecular weight excluding hydrogens is 312 g/mol. The van der Waals surface area contributed by atoms with Crippen LogP contribution in [0, 0.1) is 13.8 Å². The van der Waals surface area contributed by atoms with Crippen LogP contribution in [0.15, 0.2) is 40.9 Å². The van der Waals surface area contributed by atoms with E-state index in [1.807, 2.05) is 12.1 Å². The number of carbonyl (C=O) groups is 1. The summed E-state index contributed by atoms with van der Waals surface area (Å²) in [6.07, 6.45) is 0. The highest BCUT2D eigenvalue weighted by molar-refractivity contribution is 9.10. The van der Waals surface area contributed by atoms with Gasteiger partial charge in [0.15, 0.2) is 5.78 Å². The van der Waals surface area contributed by atoms with Crippen molar-refractivity contribution in [2.45, 2.75) is 20.8 Å². The topological polar surface area (TPSA) is 17.1 Å². The second-order valence-electron chi connectivity index (χ2n) is 5.26. The number of ketones is 1. The third kappa shape index (κ3) is 1.95. The van der Waals surface area contributed by atoms with E-state index in [-0.39, 0.29) is 5.78 Å². The lowest BCUT2D eigenvalue weighted by molar-refractivity contribution is 0.101. The zero-order chi connectivity index (χ0) is 14.4. The summed E-state index contributed by atoms with van der Waals surface area (Å²) in [4.78, 5) is 11.6. The van der Waals surface area contributed by atoms with E-state index in [0.717, 1.165) is 10.0 Å². The van der Waals surface area contributed by atoms with Crippen LogP contribution in [0.5, 0.6) is 0 Å². The van der Waals surface area contributed by atoms with E-state index in [9.17, 15) is 4.79 Å². The molecule has 0 fully saturated rings. The van der Waals surface area contributed by atoms with E-state index in [1.54, 1.807) is 6.92 Å². The number of carbonyl (C=O) groups excluding carboxylic acids is 1. The summed E-state index contributed by atoms with van der Waals surface area (Å²) in [5.74, 6) is 0.110. The van der Waals surface area contributed by atoms with Gasteiger partial charge in [-0.05, 0) is 71.6 Å². The second-order valence-corrected chi connectivity index (χ2v) is 6.17.